The molecule has 0 amide bonds. The molecule has 0 aliphatic carbocycles. The van der Waals surface area contributed by atoms with Crippen LogP contribution in [0.4, 0.5) is 5.69 Å². The predicted molar refractivity (Wildman–Crippen MR) is 71.9 cm³/mol. The van der Waals surface area contributed by atoms with Crippen molar-refractivity contribution in [1.82, 2.24) is 4.98 Å². The third-order valence-corrected chi connectivity index (χ3v) is 3.55. The van der Waals surface area contributed by atoms with Crippen molar-refractivity contribution in [3.8, 4) is 0 Å². The molecule has 4 nitrogen and oxygen atoms in total. The van der Waals surface area contributed by atoms with Crippen LogP contribution in [0.3, 0.4) is 0 Å². The Bertz CT molecular complexity index is 560. The number of rotatable bonds is 4. The summed E-state index contributed by atoms with van der Waals surface area (Å²) in [7, 11) is 0. The first kappa shape index (κ1) is 12.9. The van der Waals surface area contributed by atoms with Crippen molar-refractivity contribution in [3.05, 3.63) is 63.3 Å². The quantitative estimate of drug-likeness (QED) is 0.484. The van der Waals surface area contributed by atoms with Crippen LogP contribution in [0, 0.1) is 10.1 Å². The Labute approximate surface area is 113 Å². The van der Waals surface area contributed by atoms with E-state index in [1.165, 1.54) is 17.8 Å². The third kappa shape index (κ3) is 3.21. The Kier molecular flexibility index (Phi) is 4.17. The fourth-order valence-electron chi connectivity index (χ4n) is 1.36. The molecule has 0 radical (unpaired) electrons. The molecule has 18 heavy (non-hydrogen) atoms. The predicted octanol–water partition coefficient (Wildman–Crippen LogP) is 3.94. The zero-order valence-electron chi connectivity index (χ0n) is 9.25. The van der Waals surface area contributed by atoms with E-state index in [1.807, 2.05) is 12.1 Å². The standard InChI is InChI=1S/C12H9ClN2O2S/c13-10-5-3-9(4-6-10)8-18-12-11(15(16)17)2-1-7-14-12/h1-7H,8H2. The SMILES string of the molecule is O=[N+]([O-])c1cccnc1SCc1ccc(Cl)cc1. The van der Waals surface area contributed by atoms with Gasteiger partial charge in [0.1, 0.15) is 0 Å². The minimum atomic E-state index is -0.419. The molecule has 0 N–H and O–H groups in total. The van der Waals surface area contributed by atoms with Gasteiger partial charge in [-0.15, -0.1) is 0 Å². The molecule has 0 saturated heterocycles. The summed E-state index contributed by atoms with van der Waals surface area (Å²) in [5.74, 6) is 0.620. The van der Waals surface area contributed by atoms with Gasteiger partial charge in [-0.25, -0.2) is 4.98 Å². The Morgan fingerprint density at radius 3 is 2.67 bits per heavy atom. The highest BCUT2D eigenvalue weighted by Crippen LogP contribution is 2.29. The molecular weight excluding hydrogens is 272 g/mol. The third-order valence-electron chi connectivity index (χ3n) is 2.24. The smallest absolute Gasteiger partial charge is 0.258 e. The molecule has 1 aromatic heterocycles. The molecule has 0 saturated carbocycles. The molecule has 2 rings (SSSR count). The van der Waals surface area contributed by atoms with Gasteiger partial charge in [0.15, 0.2) is 5.03 Å². The lowest BCUT2D eigenvalue weighted by Crippen LogP contribution is -1.93. The van der Waals surface area contributed by atoms with Gasteiger partial charge >= 0.3 is 5.69 Å². The summed E-state index contributed by atoms with van der Waals surface area (Å²) in [6, 6.07) is 10.4. The molecule has 2 aromatic rings. The van der Waals surface area contributed by atoms with Crippen LogP contribution < -0.4 is 0 Å². The monoisotopic (exact) mass is 280 g/mol. The van der Waals surface area contributed by atoms with E-state index >= 15 is 0 Å². The van der Waals surface area contributed by atoms with E-state index in [1.54, 1.807) is 24.4 Å². The first-order valence-corrected chi connectivity index (χ1v) is 6.50. The van der Waals surface area contributed by atoms with E-state index in [2.05, 4.69) is 4.98 Å². The highest BCUT2D eigenvalue weighted by atomic mass is 35.5. The molecular formula is C12H9ClN2O2S. The molecule has 1 aromatic carbocycles. The Morgan fingerprint density at radius 1 is 1.28 bits per heavy atom. The topological polar surface area (TPSA) is 56.0 Å². The largest absolute Gasteiger partial charge is 0.301 e. The second-order valence-corrected chi connectivity index (χ2v) is 4.90. The summed E-state index contributed by atoms with van der Waals surface area (Å²) in [6.45, 7) is 0. The van der Waals surface area contributed by atoms with Crippen molar-refractivity contribution in [3.63, 3.8) is 0 Å². The van der Waals surface area contributed by atoms with Gasteiger partial charge in [-0.3, -0.25) is 10.1 Å². The summed E-state index contributed by atoms with van der Waals surface area (Å²) in [5.41, 5.74) is 1.08. The molecule has 0 aliphatic heterocycles. The van der Waals surface area contributed by atoms with Gasteiger partial charge in [-0.2, -0.15) is 0 Å². The summed E-state index contributed by atoms with van der Waals surface area (Å²) in [4.78, 5) is 14.4. The van der Waals surface area contributed by atoms with Crippen molar-refractivity contribution >= 4 is 29.1 Å². The van der Waals surface area contributed by atoms with Crippen molar-refractivity contribution in [2.24, 2.45) is 0 Å². The lowest BCUT2D eigenvalue weighted by atomic mass is 10.2. The molecule has 0 aliphatic rings. The summed E-state index contributed by atoms with van der Waals surface area (Å²) in [5, 5.41) is 11.9. The van der Waals surface area contributed by atoms with Crippen molar-refractivity contribution in [2.45, 2.75) is 10.8 Å². The number of thioether (sulfide) groups is 1. The minimum absolute atomic E-state index is 0.0384. The van der Waals surface area contributed by atoms with Gasteiger partial charge in [0.05, 0.1) is 4.92 Å². The summed E-state index contributed by atoms with van der Waals surface area (Å²) >= 11 is 7.13. The zero-order chi connectivity index (χ0) is 13.0. The number of benzene rings is 1. The highest BCUT2D eigenvalue weighted by molar-refractivity contribution is 7.98. The zero-order valence-corrected chi connectivity index (χ0v) is 10.8. The van der Waals surface area contributed by atoms with Crippen LogP contribution >= 0.6 is 23.4 Å². The molecule has 0 unspecified atom stereocenters. The van der Waals surface area contributed by atoms with Gasteiger partial charge in [0.2, 0.25) is 0 Å². The minimum Gasteiger partial charge on any atom is -0.258 e. The van der Waals surface area contributed by atoms with E-state index in [0.29, 0.717) is 15.8 Å². The molecule has 6 heteroatoms. The number of aromatic nitrogens is 1. The van der Waals surface area contributed by atoms with Gasteiger partial charge in [-0.1, -0.05) is 35.5 Å². The van der Waals surface area contributed by atoms with E-state index in [0.717, 1.165) is 5.56 Å². The molecule has 0 bridgehead atoms. The average Bonchev–Trinajstić information content (AvgIpc) is 2.38. The van der Waals surface area contributed by atoms with Crippen molar-refractivity contribution < 1.29 is 4.92 Å². The van der Waals surface area contributed by atoms with Gasteiger partial charge in [-0.05, 0) is 23.8 Å². The van der Waals surface area contributed by atoms with Crippen molar-refractivity contribution in [2.75, 3.05) is 0 Å². The van der Waals surface area contributed by atoms with Crippen LogP contribution in [-0.2, 0) is 5.75 Å². The molecule has 1 heterocycles. The molecule has 0 atom stereocenters. The maximum atomic E-state index is 10.8. The number of halogens is 1. The first-order chi connectivity index (χ1) is 8.66. The lowest BCUT2D eigenvalue weighted by molar-refractivity contribution is -0.388. The van der Waals surface area contributed by atoms with Gasteiger partial charge in [0.25, 0.3) is 0 Å². The Hall–Kier alpha value is -1.59. The van der Waals surface area contributed by atoms with Crippen LogP contribution in [0.5, 0.6) is 0 Å². The van der Waals surface area contributed by atoms with E-state index in [4.69, 9.17) is 11.6 Å². The van der Waals surface area contributed by atoms with Crippen LogP contribution in [0.25, 0.3) is 0 Å². The fourth-order valence-corrected chi connectivity index (χ4v) is 2.41. The number of hydrogen-bond acceptors (Lipinski definition) is 4. The Morgan fingerprint density at radius 2 is 2.00 bits per heavy atom. The fraction of sp³-hybridized carbons (Fsp3) is 0.0833. The average molecular weight is 281 g/mol. The lowest BCUT2D eigenvalue weighted by Gasteiger charge is -2.02. The van der Waals surface area contributed by atoms with E-state index in [-0.39, 0.29) is 5.69 Å². The molecule has 0 fully saturated rings. The normalized spacial score (nSPS) is 10.3. The number of hydrogen-bond donors (Lipinski definition) is 0. The first-order valence-electron chi connectivity index (χ1n) is 5.13. The van der Waals surface area contributed by atoms with Crippen LogP contribution in [-0.4, -0.2) is 9.91 Å². The summed E-state index contributed by atoms with van der Waals surface area (Å²) in [6.07, 6.45) is 1.55. The van der Waals surface area contributed by atoms with Crippen molar-refractivity contribution in [1.29, 1.82) is 0 Å². The van der Waals surface area contributed by atoms with Crippen LogP contribution in [0.1, 0.15) is 5.56 Å². The van der Waals surface area contributed by atoms with E-state index < -0.39 is 4.92 Å². The number of pyridine rings is 1. The van der Waals surface area contributed by atoms with Crippen LogP contribution in [0.15, 0.2) is 47.6 Å². The number of nitro groups is 1. The Balaban J connectivity index is 2.10. The molecule has 0 spiro atoms. The summed E-state index contributed by atoms with van der Waals surface area (Å²) < 4.78 is 0. The number of nitrogens with zero attached hydrogens (tertiary/aromatic N) is 2. The van der Waals surface area contributed by atoms with Crippen LogP contribution in [0.2, 0.25) is 5.02 Å². The molecule has 92 valence electrons. The maximum Gasteiger partial charge on any atom is 0.301 e. The second kappa shape index (κ2) is 5.84. The second-order valence-electron chi connectivity index (χ2n) is 3.50. The highest BCUT2D eigenvalue weighted by Gasteiger charge is 2.14. The van der Waals surface area contributed by atoms with Gasteiger partial charge < -0.3 is 0 Å². The van der Waals surface area contributed by atoms with E-state index in [9.17, 15) is 10.1 Å². The van der Waals surface area contributed by atoms with Gasteiger partial charge in [0, 0.05) is 23.0 Å². The maximum absolute atomic E-state index is 10.8.